The number of H-pyrrole nitrogens is 2. The highest BCUT2D eigenvalue weighted by atomic mass is 16.3. The van der Waals surface area contributed by atoms with Gasteiger partial charge in [-0.05, 0) is 96.5 Å². The van der Waals surface area contributed by atoms with Crippen molar-refractivity contribution in [2.45, 2.75) is 187 Å². The number of aromatic amines is 2. The van der Waals surface area contributed by atoms with E-state index in [-0.39, 0.29) is 61.7 Å². The number of phenols is 3. The first-order valence-corrected chi connectivity index (χ1v) is 34.6. The van der Waals surface area contributed by atoms with Gasteiger partial charge in [0.15, 0.2) is 0 Å². The highest BCUT2D eigenvalue weighted by Gasteiger charge is 2.38. The topological polar surface area (TPSA) is 550 Å². The van der Waals surface area contributed by atoms with Crippen molar-refractivity contribution in [3.8, 4) is 17.2 Å². The number of hydrogen-bond acceptors (Lipinski definition) is 19. The number of primary amides is 2. The standard InChI is InChI=1S/C71H100N18O16/c1-10-38(7)59(88-63(97)49(72)25-41-12-18-46(90)19-13-41)70(104)85-52(26-42-14-20-47(91)21-15-42)65(99)84-55(30-56(73)93)68(102)87-58(37(5)6)69(103)80-40(9)62(96)77-33-57(94)81-51(24-36(3)4)64(98)83-53(27-43-16-22-48(92)23-17-43)67(101)89-60(39(8)11-2)71(105)86-54(29-45-32-76-35-79-45)66(100)82-50(61(74)95)28-44-31-75-34-78-44/h12-23,31-32,34-40,49-55,58-60,90-92H,10-11,24-30,33,72H2,1-9H3,(H2,73,93)(H2,74,95)(H,75,78)(H,76,79)(H,77,96)(H,80,103)(H,81,94)(H,82,100)(H,83,98)(H,84,99)(H,85,104)(H,86,105)(H,87,102)(H,88,97)(H,89,101)/t38-,39-,40-,49-,50-,51-,52-,53-,54-,55-,58-,59-,60-/m1/s1. The zero-order valence-electron chi connectivity index (χ0n) is 60.2. The number of imidazole rings is 2. The van der Waals surface area contributed by atoms with Crippen LogP contribution in [0.1, 0.15) is 116 Å². The first kappa shape index (κ1) is 84.2. The first-order valence-electron chi connectivity index (χ1n) is 34.6. The Hall–Kier alpha value is -11.4. The fourth-order valence-corrected chi connectivity index (χ4v) is 10.9. The molecule has 0 fully saturated rings. The smallest absolute Gasteiger partial charge is 0.243 e. The molecule has 34 nitrogen and oxygen atoms in total. The van der Waals surface area contributed by atoms with E-state index < -0.39 is 174 Å². The van der Waals surface area contributed by atoms with Crippen molar-refractivity contribution in [3.63, 3.8) is 0 Å². The molecule has 0 saturated heterocycles. The molecule has 0 saturated carbocycles. The van der Waals surface area contributed by atoms with Crippen LogP contribution in [0.3, 0.4) is 0 Å². The summed E-state index contributed by atoms with van der Waals surface area (Å²) in [5, 5.41) is 58.3. The number of nitrogens with one attached hydrogen (secondary N) is 13. The quantitative estimate of drug-likeness (QED) is 0.0206. The summed E-state index contributed by atoms with van der Waals surface area (Å²) in [5.41, 5.74) is 19.9. The summed E-state index contributed by atoms with van der Waals surface area (Å²) in [4.78, 5) is 194. The monoisotopic (exact) mass is 1460 g/mol. The maximum absolute atomic E-state index is 14.6. The summed E-state index contributed by atoms with van der Waals surface area (Å²) < 4.78 is 0. The molecule has 0 aliphatic rings. The van der Waals surface area contributed by atoms with Gasteiger partial charge in [0.25, 0.3) is 0 Å². The lowest BCUT2D eigenvalue weighted by Gasteiger charge is -2.29. The molecular formula is C71H100N18O16. The highest BCUT2D eigenvalue weighted by molar-refractivity contribution is 6.00. The van der Waals surface area contributed by atoms with Crippen LogP contribution in [-0.2, 0) is 94.4 Å². The molecule has 2 aromatic heterocycles. The van der Waals surface area contributed by atoms with Gasteiger partial charge in [0.05, 0.1) is 31.7 Å². The zero-order chi connectivity index (χ0) is 77.8. The molecule has 5 aromatic rings. The lowest BCUT2D eigenvalue weighted by atomic mass is 9.96. The average molecular weight is 1460 g/mol. The number of aromatic hydroxyl groups is 3. The summed E-state index contributed by atoms with van der Waals surface area (Å²) in [6, 6.07) is 2.23. The second kappa shape index (κ2) is 41.0. The van der Waals surface area contributed by atoms with Gasteiger partial charge >= 0.3 is 0 Å². The summed E-state index contributed by atoms with van der Waals surface area (Å²) >= 11 is 0. The molecule has 0 aliphatic carbocycles. The fraction of sp³-hybridized carbons (Fsp3) is 0.479. The van der Waals surface area contributed by atoms with Gasteiger partial charge in [0, 0.05) is 49.5 Å². The lowest BCUT2D eigenvalue weighted by Crippen LogP contribution is -2.61. The van der Waals surface area contributed by atoms with Crippen molar-refractivity contribution >= 4 is 76.8 Å². The van der Waals surface area contributed by atoms with Gasteiger partial charge in [-0.1, -0.05) is 105 Å². The molecule has 5 rings (SSSR count). The molecule has 3 aromatic carbocycles. The van der Waals surface area contributed by atoms with Crippen LogP contribution in [0.15, 0.2) is 97.8 Å². The normalized spacial score (nSPS) is 14.9. The molecule has 0 bridgehead atoms. The van der Waals surface area contributed by atoms with E-state index in [1.807, 2.05) is 0 Å². The number of carbonyl (C=O) groups excluding carboxylic acids is 13. The Labute approximate surface area is 607 Å². The van der Waals surface area contributed by atoms with Gasteiger partial charge < -0.3 is 101 Å². The molecule has 0 aliphatic heterocycles. The minimum atomic E-state index is -1.76. The van der Waals surface area contributed by atoms with E-state index in [1.165, 1.54) is 92.6 Å². The van der Waals surface area contributed by atoms with Gasteiger partial charge in [-0.2, -0.15) is 0 Å². The van der Waals surface area contributed by atoms with Gasteiger partial charge in [0.2, 0.25) is 76.8 Å². The predicted octanol–water partition coefficient (Wildman–Crippen LogP) is -1.77. The van der Waals surface area contributed by atoms with Crippen molar-refractivity contribution in [1.29, 1.82) is 0 Å². The third kappa shape index (κ3) is 27.7. The van der Waals surface area contributed by atoms with Crippen LogP contribution in [-0.4, -0.2) is 185 Å². The van der Waals surface area contributed by atoms with Gasteiger partial charge in [-0.25, -0.2) is 9.97 Å². The second-order valence-corrected chi connectivity index (χ2v) is 26.8. The predicted molar refractivity (Wildman–Crippen MR) is 382 cm³/mol. The van der Waals surface area contributed by atoms with Crippen LogP contribution in [0.5, 0.6) is 17.2 Å². The number of phenolic OH excluding ortho intramolecular Hbond substituents is 3. The SMILES string of the molecule is CC[C@@H](C)[C@@H](NC(=O)[C@H](N)Cc1ccc(O)cc1)C(=O)N[C@H](Cc1ccc(O)cc1)C(=O)N[C@H](CC(N)=O)C(=O)N[C@@H](C(=O)N[C@H](C)C(=O)NCC(=O)N[C@H](CC(C)C)C(=O)N[C@H](Cc1ccc(O)cc1)C(=O)N[C@@H](C(=O)N[C@H](Cc1cnc[nH]1)C(=O)N[C@H](Cc1cnc[nH]1)C(N)=O)[C@H](C)CC)C(C)C. The number of benzene rings is 3. The number of nitrogens with two attached hydrogens (primary N) is 3. The van der Waals surface area contributed by atoms with Crippen LogP contribution < -0.4 is 75.7 Å². The molecule has 0 unspecified atom stereocenters. The van der Waals surface area contributed by atoms with E-state index >= 15 is 0 Å². The molecule has 13 amide bonds. The number of amides is 13. The molecule has 13 atom stereocenters. The minimum Gasteiger partial charge on any atom is -0.508 e. The van der Waals surface area contributed by atoms with Crippen molar-refractivity contribution in [1.82, 2.24) is 78.4 Å². The van der Waals surface area contributed by atoms with E-state index in [1.54, 1.807) is 67.5 Å². The van der Waals surface area contributed by atoms with Gasteiger partial charge in [0.1, 0.15) is 77.7 Å². The number of hydrogen-bond donors (Lipinski definition) is 19. The summed E-state index contributed by atoms with van der Waals surface area (Å²) in [6.07, 6.45) is 4.96. The first-order chi connectivity index (χ1) is 49.6. The number of aromatic nitrogens is 4. The largest absolute Gasteiger partial charge is 0.508 e. The number of rotatable bonds is 42. The Morgan fingerprint density at radius 2 is 0.790 bits per heavy atom. The molecule has 34 heteroatoms. The highest BCUT2D eigenvalue weighted by Crippen LogP contribution is 2.19. The fourth-order valence-electron chi connectivity index (χ4n) is 10.9. The van der Waals surface area contributed by atoms with E-state index in [2.05, 4.69) is 78.4 Å². The Morgan fingerprint density at radius 3 is 1.21 bits per heavy atom. The van der Waals surface area contributed by atoms with Crippen molar-refractivity contribution in [2.24, 2.45) is 40.9 Å². The van der Waals surface area contributed by atoms with Crippen molar-refractivity contribution in [3.05, 3.63) is 126 Å². The summed E-state index contributed by atoms with van der Waals surface area (Å²) in [5.74, 6) is -13.8. The molecule has 0 spiro atoms. The number of nitrogens with zero attached hydrogens (tertiary/aromatic N) is 2. The van der Waals surface area contributed by atoms with Crippen LogP contribution in [0.25, 0.3) is 0 Å². The van der Waals surface area contributed by atoms with E-state index in [9.17, 15) is 77.6 Å². The Kier molecular flexibility index (Phi) is 32.9. The molecular weight excluding hydrogens is 1360 g/mol. The van der Waals surface area contributed by atoms with E-state index in [0.29, 0.717) is 40.9 Å². The molecule has 0 radical (unpaired) electrons. The van der Waals surface area contributed by atoms with Crippen molar-refractivity contribution in [2.75, 3.05) is 6.54 Å². The molecule has 570 valence electrons. The average Bonchev–Trinajstić information content (AvgIpc) is 0.942. The molecule has 105 heavy (non-hydrogen) atoms. The maximum Gasteiger partial charge on any atom is 0.243 e. The Balaban J connectivity index is 1.26. The van der Waals surface area contributed by atoms with Gasteiger partial charge in [-0.3, -0.25) is 62.3 Å². The van der Waals surface area contributed by atoms with E-state index in [4.69, 9.17) is 17.2 Å². The van der Waals surface area contributed by atoms with E-state index in [0.717, 1.165) is 0 Å². The third-order valence-electron chi connectivity index (χ3n) is 17.4. The van der Waals surface area contributed by atoms with Crippen LogP contribution in [0.4, 0.5) is 0 Å². The Morgan fingerprint density at radius 1 is 0.419 bits per heavy atom. The van der Waals surface area contributed by atoms with Crippen LogP contribution >= 0.6 is 0 Å². The minimum absolute atomic E-state index is 0.00579. The Bertz CT molecular complexity index is 3750. The number of carbonyl (C=O) groups is 13. The summed E-state index contributed by atoms with van der Waals surface area (Å²) in [6.45, 7) is 14.1. The maximum atomic E-state index is 14.6. The summed E-state index contributed by atoms with van der Waals surface area (Å²) in [7, 11) is 0. The molecule has 22 N–H and O–H groups in total. The third-order valence-corrected chi connectivity index (χ3v) is 17.4. The molecule has 2 heterocycles. The second-order valence-electron chi connectivity index (χ2n) is 26.8. The van der Waals surface area contributed by atoms with Gasteiger partial charge in [-0.15, -0.1) is 0 Å². The zero-order valence-corrected chi connectivity index (χ0v) is 60.2. The van der Waals surface area contributed by atoms with Crippen LogP contribution in [0.2, 0.25) is 0 Å². The van der Waals surface area contributed by atoms with Crippen molar-refractivity contribution < 1.29 is 77.6 Å². The lowest BCUT2D eigenvalue weighted by molar-refractivity contribution is -0.136. The van der Waals surface area contributed by atoms with Crippen LogP contribution in [0, 0.1) is 23.7 Å².